The van der Waals surface area contributed by atoms with Gasteiger partial charge < -0.3 is 4.74 Å². The zero-order valence-corrected chi connectivity index (χ0v) is 15.3. The Kier molecular flexibility index (Phi) is 5.38. The molecular weight excluding hydrogens is 364 g/mol. The Morgan fingerprint density at radius 2 is 2.21 bits per heavy atom. The molecule has 0 N–H and O–H groups in total. The lowest BCUT2D eigenvalue weighted by molar-refractivity contribution is -0.126. The first-order valence-electron chi connectivity index (χ1n) is 7.32. The van der Waals surface area contributed by atoms with Gasteiger partial charge in [-0.3, -0.25) is 14.7 Å². The summed E-state index contributed by atoms with van der Waals surface area (Å²) < 4.78 is 5.76. The van der Waals surface area contributed by atoms with Crippen molar-refractivity contribution in [2.75, 3.05) is 7.11 Å². The number of hydrogen-bond donors (Lipinski definition) is 0. The highest BCUT2D eigenvalue weighted by Gasteiger charge is 2.36. The number of thioether (sulfide) groups is 1. The quantitative estimate of drug-likeness (QED) is 0.742. The van der Waals surface area contributed by atoms with Gasteiger partial charge in [0, 0.05) is 12.4 Å². The standard InChI is InChI=1S/C17H15ClN2O2S2/c1-22-14-5-4-11(7-13(14)18)8-15-16(21)20(17(23)24-15)10-12-3-2-6-19-9-12/h2-7,9,15H,8,10H2,1H3/t15-/m0/s1. The highest BCUT2D eigenvalue weighted by Crippen LogP contribution is 2.33. The number of pyridine rings is 1. The van der Waals surface area contributed by atoms with E-state index in [0.29, 0.717) is 28.1 Å². The van der Waals surface area contributed by atoms with Crippen LogP contribution in [0.15, 0.2) is 42.7 Å². The zero-order valence-electron chi connectivity index (χ0n) is 12.9. The van der Waals surface area contributed by atoms with Gasteiger partial charge >= 0.3 is 0 Å². The number of amides is 1. The van der Waals surface area contributed by atoms with Gasteiger partial charge in [-0.1, -0.05) is 47.7 Å². The van der Waals surface area contributed by atoms with Gasteiger partial charge in [-0.25, -0.2) is 0 Å². The van der Waals surface area contributed by atoms with Crippen molar-refractivity contribution in [2.24, 2.45) is 0 Å². The van der Waals surface area contributed by atoms with E-state index >= 15 is 0 Å². The molecule has 2 aromatic rings. The molecule has 3 rings (SSSR count). The molecule has 0 bridgehead atoms. The molecule has 1 aliphatic heterocycles. The normalized spacial score (nSPS) is 17.4. The van der Waals surface area contributed by atoms with Gasteiger partial charge in [0.25, 0.3) is 0 Å². The summed E-state index contributed by atoms with van der Waals surface area (Å²) in [6, 6.07) is 9.35. The Balaban J connectivity index is 1.71. The second kappa shape index (κ2) is 7.51. The number of thiocarbonyl (C=S) groups is 1. The van der Waals surface area contributed by atoms with Crippen molar-refractivity contribution in [2.45, 2.75) is 18.2 Å². The molecule has 1 fully saturated rings. The van der Waals surface area contributed by atoms with E-state index in [2.05, 4.69) is 4.98 Å². The fourth-order valence-corrected chi connectivity index (χ4v) is 4.31. The Hall–Kier alpha value is -1.63. The summed E-state index contributed by atoms with van der Waals surface area (Å²) in [4.78, 5) is 18.4. The van der Waals surface area contributed by atoms with Crippen molar-refractivity contribution >= 4 is 45.8 Å². The summed E-state index contributed by atoms with van der Waals surface area (Å²) in [7, 11) is 1.58. The van der Waals surface area contributed by atoms with Gasteiger partial charge in [0.2, 0.25) is 5.91 Å². The third kappa shape index (κ3) is 3.71. The van der Waals surface area contributed by atoms with Crippen molar-refractivity contribution in [3.05, 3.63) is 58.9 Å². The number of nitrogens with zero attached hydrogens (tertiary/aromatic N) is 2. The van der Waals surface area contributed by atoms with Gasteiger partial charge in [-0.15, -0.1) is 0 Å². The lowest BCUT2D eigenvalue weighted by Gasteiger charge is -2.15. The van der Waals surface area contributed by atoms with E-state index in [1.165, 1.54) is 11.8 Å². The molecule has 7 heteroatoms. The fraction of sp³-hybridized carbons (Fsp3) is 0.235. The molecule has 1 aliphatic rings. The first-order valence-corrected chi connectivity index (χ1v) is 8.98. The first-order chi connectivity index (χ1) is 11.6. The van der Waals surface area contributed by atoms with Gasteiger partial charge in [-0.2, -0.15) is 0 Å². The second-order valence-corrected chi connectivity index (χ2v) is 7.57. The highest BCUT2D eigenvalue weighted by molar-refractivity contribution is 8.24. The predicted octanol–water partition coefficient (Wildman–Crippen LogP) is 3.72. The Bertz CT molecular complexity index is 770. The topological polar surface area (TPSA) is 42.4 Å². The van der Waals surface area contributed by atoms with E-state index in [0.717, 1.165) is 11.1 Å². The Morgan fingerprint density at radius 1 is 1.38 bits per heavy atom. The van der Waals surface area contributed by atoms with Crippen molar-refractivity contribution in [3.8, 4) is 5.75 Å². The van der Waals surface area contributed by atoms with Crippen molar-refractivity contribution in [3.63, 3.8) is 0 Å². The van der Waals surface area contributed by atoms with Crippen LogP contribution in [0.3, 0.4) is 0 Å². The monoisotopic (exact) mass is 378 g/mol. The third-order valence-electron chi connectivity index (χ3n) is 3.71. The summed E-state index contributed by atoms with van der Waals surface area (Å²) in [5.41, 5.74) is 1.94. The van der Waals surface area contributed by atoms with Crippen LogP contribution >= 0.6 is 35.6 Å². The van der Waals surface area contributed by atoms with E-state index in [1.807, 2.05) is 30.3 Å². The molecule has 1 aromatic carbocycles. The summed E-state index contributed by atoms with van der Waals surface area (Å²) in [6.45, 7) is 0.457. The molecule has 1 saturated heterocycles. The van der Waals surface area contributed by atoms with Crippen molar-refractivity contribution in [1.82, 2.24) is 9.88 Å². The smallest absolute Gasteiger partial charge is 0.242 e. The summed E-state index contributed by atoms with van der Waals surface area (Å²) >= 11 is 13.0. The molecule has 0 unspecified atom stereocenters. The molecule has 1 atom stereocenters. The number of hydrogen-bond acceptors (Lipinski definition) is 5. The van der Waals surface area contributed by atoms with E-state index in [9.17, 15) is 4.79 Å². The zero-order chi connectivity index (χ0) is 17.1. The van der Waals surface area contributed by atoms with Crippen LogP contribution in [-0.4, -0.2) is 32.5 Å². The molecule has 0 saturated carbocycles. The molecule has 124 valence electrons. The molecule has 2 heterocycles. The first kappa shape index (κ1) is 17.2. The van der Waals surface area contributed by atoms with Crippen LogP contribution in [0.5, 0.6) is 5.75 Å². The number of halogens is 1. The van der Waals surface area contributed by atoms with Crippen LogP contribution < -0.4 is 4.74 Å². The number of methoxy groups -OCH3 is 1. The summed E-state index contributed by atoms with van der Waals surface area (Å²) in [5, 5.41) is 0.318. The molecule has 0 spiro atoms. The van der Waals surface area contributed by atoms with E-state index in [4.69, 9.17) is 28.6 Å². The number of rotatable bonds is 5. The average molecular weight is 379 g/mol. The molecular formula is C17H15ClN2O2S2. The summed E-state index contributed by atoms with van der Waals surface area (Å²) in [6.07, 6.45) is 4.03. The molecule has 0 aliphatic carbocycles. The second-order valence-electron chi connectivity index (χ2n) is 5.33. The van der Waals surface area contributed by atoms with Crippen LogP contribution in [0.2, 0.25) is 5.02 Å². The SMILES string of the molecule is COc1ccc(C[C@@H]2SC(=S)N(Cc3cccnc3)C2=O)cc1Cl. The fourth-order valence-electron chi connectivity index (χ4n) is 2.50. The average Bonchev–Trinajstić information content (AvgIpc) is 2.84. The third-order valence-corrected chi connectivity index (χ3v) is 5.58. The van der Waals surface area contributed by atoms with Gasteiger partial charge in [0.05, 0.1) is 23.9 Å². The maximum absolute atomic E-state index is 12.7. The van der Waals surface area contributed by atoms with E-state index < -0.39 is 0 Å². The van der Waals surface area contributed by atoms with Gasteiger partial charge in [0.15, 0.2) is 0 Å². The molecule has 24 heavy (non-hydrogen) atoms. The Morgan fingerprint density at radius 3 is 2.88 bits per heavy atom. The van der Waals surface area contributed by atoms with E-state index in [1.54, 1.807) is 24.4 Å². The largest absolute Gasteiger partial charge is 0.495 e. The lowest BCUT2D eigenvalue weighted by Crippen LogP contribution is -2.31. The van der Waals surface area contributed by atoms with Crippen LogP contribution in [-0.2, 0) is 17.8 Å². The Labute approximate surface area is 155 Å². The lowest BCUT2D eigenvalue weighted by atomic mass is 10.1. The number of ether oxygens (including phenoxy) is 1. The van der Waals surface area contributed by atoms with Crippen molar-refractivity contribution < 1.29 is 9.53 Å². The number of aromatic nitrogens is 1. The minimum Gasteiger partial charge on any atom is -0.495 e. The number of carbonyl (C=O) groups excluding carboxylic acids is 1. The maximum atomic E-state index is 12.7. The number of benzene rings is 1. The molecule has 0 radical (unpaired) electrons. The maximum Gasteiger partial charge on any atom is 0.242 e. The summed E-state index contributed by atoms with van der Waals surface area (Å²) in [5.74, 6) is 0.653. The van der Waals surface area contributed by atoms with Crippen LogP contribution in [0.4, 0.5) is 0 Å². The predicted molar refractivity (Wildman–Crippen MR) is 100 cm³/mol. The van der Waals surface area contributed by atoms with E-state index in [-0.39, 0.29) is 11.2 Å². The van der Waals surface area contributed by atoms with Gasteiger partial charge in [-0.05, 0) is 35.7 Å². The van der Waals surface area contributed by atoms with Crippen LogP contribution in [0.25, 0.3) is 0 Å². The molecule has 4 nitrogen and oxygen atoms in total. The van der Waals surface area contributed by atoms with Crippen molar-refractivity contribution in [1.29, 1.82) is 0 Å². The van der Waals surface area contributed by atoms with Crippen LogP contribution in [0, 0.1) is 0 Å². The number of carbonyl (C=O) groups is 1. The molecule has 1 amide bonds. The highest BCUT2D eigenvalue weighted by atomic mass is 35.5. The van der Waals surface area contributed by atoms with Crippen LogP contribution in [0.1, 0.15) is 11.1 Å². The van der Waals surface area contributed by atoms with Gasteiger partial charge in [0.1, 0.15) is 10.1 Å². The minimum atomic E-state index is -0.223. The molecule has 1 aromatic heterocycles. The minimum absolute atomic E-state index is 0.0285.